The van der Waals surface area contributed by atoms with E-state index < -0.39 is 0 Å². The monoisotopic (exact) mass is 328 g/mol. The van der Waals surface area contributed by atoms with Crippen molar-refractivity contribution in [3.05, 3.63) is 69.7 Å². The van der Waals surface area contributed by atoms with Crippen LogP contribution in [0.2, 0.25) is 0 Å². The zero-order valence-electron chi connectivity index (χ0n) is 10.9. The highest BCUT2D eigenvalue weighted by Gasteiger charge is 2.12. The molecule has 0 aliphatic rings. The van der Waals surface area contributed by atoms with Crippen LogP contribution in [0.1, 0.15) is 34.5 Å². The van der Waals surface area contributed by atoms with Crippen LogP contribution in [-0.4, -0.2) is 5.91 Å². The van der Waals surface area contributed by atoms with Crippen LogP contribution in [-0.2, 0) is 0 Å². The second kappa shape index (κ2) is 6.36. The highest BCUT2D eigenvalue weighted by molar-refractivity contribution is 9.10. The summed E-state index contributed by atoms with van der Waals surface area (Å²) in [6, 6.07) is 16.4. The highest BCUT2D eigenvalue weighted by atomic mass is 79.9. The fourth-order valence-corrected chi connectivity index (χ4v) is 2.29. The predicted molar refractivity (Wildman–Crippen MR) is 81.2 cm³/mol. The average Bonchev–Trinajstić information content (AvgIpc) is 2.47. The molecule has 0 aliphatic carbocycles. The second-order valence-corrected chi connectivity index (χ2v) is 5.36. The number of carbonyl (C=O) groups excluding carboxylic acids is 1. The van der Waals surface area contributed by atoms with Crippen molar-refractivity contribution in [2.75, 3.05) is 0 Å². The van der Waals surface area contributed by atoms with E-state index in [2.05, 4.69) is 21.2 Å². The van der Waals surface area contributed by atoms with Gasteiger partial charge < -0.3 is 5.32 Å². The first kappa shape index (κ1) is 14.3. The van der Waals surface area contributed by atoms with Gasteiger partial charge in [0.15, 0.2) is 0 Å². The molecule has 0 bridgehead atoms. The Morgan fingerprint density at radius 3 is 2.70 bits per heavy atom. The van der Waals surface area contributed by atoms with Gasteiger partial charge in [0, 0.05) is 10.0 Å². The number of halogens is 1. The fourth-order valence-electron chi connectivity index (χ4n) is 1.87. The highest BCUT2D eigenvalue weighted by Crippen LogP contribution is 2.18. The van der Waals surface area contributed by atoms with Crippen molar-refractivity contribution >= 4 is 21.8 Å². The van der Waals surface area contributed by atoms with Crippen LogP contribution in [0.25, 0.3) is 0 Å². The molecule has 3 nitrogen and oxygen atoms in total. The zero-order valence-corrected chi connectivity index (χ0v) is 12.5. The molecule has 0 saturated heterocycles. The van der Waals surface area contributed by atoms with Crippen LogP contribution in [0.4, 0.5) is 0 Å². The van der Waals surface area contributed by atoms with Crippen LogP contribution in [0.3, 0.4) is 0 Å². The summed E-state index contributed by atoms with van der Waals surface area (Å²) in [5.41, 5.74) is 1.99. The molecular weight excluding hydrogens is 316 g/mol. The van der Waals surface area contributed by atoms with Crippen LogP contribution in [0.15, 0.2) is 53.0 Å². The molecule has 0 heterocycles. The Kier molecular flexibility index (Phi) is 4.54. The molecule has 2 aromatic carbocycles. The van der Waals surface area contributed by atoms with Gasteiger partial charge in [-0.15, -0.1) is 0 Å². The van der Waals surface area contributed by atoms with E-state index in [1.165, 1.54) is 0 Å². The minimum Gasteiger partial charge on any atom is -0.346 e. The third-order valence-electron chi connectivity index (χ3n) is 2.95. The van der Waals surface area contributed by atoms with E-state index in [0.717, 1.165) is 10.0 Å². The first-order valence-electron chi connectivity index (χ1n) is 6.16. The molecule has 1 atom stereocenters. The molecule has 1 amide bonds. The molecule has 2 aromatic rings. The first-order chi connectivity index (χ1) is 9.60. The molecule has 0 unspecified atom stereocenters. The van der Waals surface area contributed by atoms with E-state index in [1.54, 1.807) is 24.3 Å². The average molecular weight is 329 g/mol. The smallest absolute Gasteiger partial charge is 0.251 e. The molecule has 4 heteroatoms. The number of carbonyl (C=O) groups is 1. The number of nitriles is 1. The van der Waals surface area contributed by atoms with Crippen molar-refractivity contribution < 1.29 is 4.79 Å². The maximum Gasteiger partial charge on any atom is 0.251 e. The topological polar surface area (TPSA) is 52.9 Å². The molecular formula is C16H13BrN2O. The molecule has 0 spiro atoms. The molecule has 0 aromatic heterocycles. The van der Waals surface area contributed by atoms with Gasteiger partial charge in [0.1, 0.15) is 0 Å². The van der Waals surface area contributed by atoms with Crippen LogP contribution in [0.5, 0.6) is 0 Å². The Hall–Kier alpha value is -2.12. The lowest BCUT2D eigenvalue weighted by molar-refractivity contribution is 0.0940. The summed E-state index contributed by atoms with van der Waals surface area (Å²) in [5, 5.41) is 11.8. The van der Waals surface area contributed by atoms with E-state index in [4.69, 9.17) is 5.26 Å². The summed E-state index contributed by atoms with van der Waals surface area (Å²) >= 11 is 3.41. The van der Waals surface area contributed by atoms with E-state index in [1.807, 2.05) is 37.3 Å². The summed E-state index contributed by atoms with van der Waals surface area (Å²) in [5.74, 6) is -0.186. The summed E-state index contributed by atoms with van der Waals surface area (Å²) in [4.78, 5) is 12.1. The lowest BCUT2D eigenvalue weighted by atomic mass is 10.1. The molecule has 100 valence electrons. The lowest BCUT2D eigenvalue weighted by Gasteiger charge is -2.14. The van der Waals surface area contributed by atoms with Gasteiger partial charge in [0.05, 0.1) is 17.7 Å². The largest absolute Gasteiger partial charge is 0.346 e. The summed E-state index contributed by atoms with van der Waals surface area (Å²) in [6.45, 7) is 1.92. The van der Waals surface area contributed by atoms with Crippen LogP contribution >= 0.6 is 15.9 Å². The van der Waals surface area contributed by atoms with E-state index >= 15 is 0 Å². The minimum atomic E-state index is -0.186. The quantitative estimate of drug-likeness (QED) is 0.931. The van der Waals surface area contributed by atoms with Gasteiger partial charge >= 0.3 is 0 Å². The van der Waals surface area contributed by atoms with Gasteiger partial charge in [0.25, 0.3) is 5.91 Å². The van der Waals surface area contributed by atoms with Crippen molar-refractivity contribution in [1.29, 1.82) is 5.26 Å². The van der Waals surface area contributed by atoms with Crippen molar-refractivity contribution in [2.24, 2.45) is 0 Å². The van der Waals surface area contributed by atoms with Crippen LogP contribution in [0, 0.1) is 11.3 Å². The van der Waals surface area contributed by atoms with Gasteiger partial charge in [-0.1, -0.05) is 34.1 Å². The van der Waals surface area contributed by atoms with Crippen LogP contribution < -0.4 is 5.32 Å². The molecule has 20 heavy (non-hydrogen) atoms. The van der Waals surface area contributed by atoms with Gasteiger partial charge in [-0.25, -0.2) is 0 Å². The maximum atomic E-state index is 12.1. The Labute approximate surface area is 126 Å². The summed E-state index contributed by atoms with van der Waals surface area (Å²) in [7, 11) is 0. The Bertz CT molecular complexity index is 676. The molecule has 1 N–H and O–H groups in total. The predicted octanol–water partition coefficient (Wildman–Crippen LogP) is 3.81. The third-order valence-corrected chi connectivity index (χ3v) is 3.44. The van der Waals surface area contributed by atoms with E-state index in [-0.39, 0.29) is 11.9 Å². The van der Waals surface area contributed by atoms with Crippen molar-refractivity contribution in [3.63, 3.8) is 0 Å². The van der Waals surface area contributed by atoms with E-state index in [9.17, 15) is 4.79 Å². The normalized spacial score (nSPS) is 11.4. The SMILES string of the molecule is C[C@H](NC(=O)c1cccc(C#N)c1)c1cccc(Br)c1. The van der Waals surface area contributed by atoms with Crippen molar-refractivity contribution in [3.8, 4) is 6.07 Å². The number of benzene rings is 2. The zero-order chi connectivity index (χ0) is 14.5. The Balaban J connectivity index is 2.13. The number of hydrogen-bond acceptors (Lipinski definition) is 2. The van der Waals surface area contributed by atoms with E-state index in [0.29, 0.717) is 11.1 Å². The summed E-state index contributed by atoms with van der Waals surface area (Å²) in [6.07, 6.45) is 0. The number of nitrogens with one attached hydrogen (secondary N) is 1. The number of rotatable bonds is 3. The van der Waals surface area contributed by atoms with Gasteiger partial charge in [-0.2, -0.15) is 5.26 Å². The number of hydrogen-bond donors (Lipinski definition) is 1. The Morgan fingerprint density at radius 2 is 2.00 bits per heavy atom. The first-order valence-corrected chi connectivity index (χ1v) is 6.96. The molecule has 0 fully saturated rings. The van der Waals surface area contributed by atoms with Crippen molar-refractivity contribution in [2.45, 2.75) is 13.0 Å². The standard InChI is InChI=1S/C16H13BrN2O/c1-11(13-5-3-7-15(17)9-13)19-16(20)14-6-2-4-12(8-14)10-18/h2-9,11H,1H3,(H,19,20)/t11-/m0/s1. The van der Waals surface area contributed by atoms with Gasteiger partial charge in [-0.05, 0) is 42.8 Å². The molecule has 0 radical (unpaired) electrons. The van der Waals surface area contributed by atoms with Gasteiger partial charge in [-0.3, -0.25) is 4.79 Å². The lowest BCUT2D eigenvalue weighted by Crippen LogP contribution is -2.26. The van der Waals surface area contributed by atoms with Crippen molar-refractivity contribution in [1.82, 2.24) is 5.32 Å². The third kappa shape index (κ3) is 3.46. The second-order valence-electron chi connectivity index (χ2n) is 4.44. The molecule has 2 rings (SSSR count). The Morgan fingerprint density at radius 1 is 1.25 bits per heavy atom. The molecule has 0 aliphatic heterocycles. The summed E-state index contributed by atoms with van der Waals surface area (Å²) < 4.78 is 0.975. The molecule has 0 saturated carbocycles. The number of amides is 1. The van der Waals surface area contributed by atoms with Gasteiger partial charge in [0.2, 0.25) is 0 Å². The maximum absolute atomic E-state index is 12.1. The number of nitrogens with zero attached hydrogens (tertiary/aromatic N) is 1. The minimum absolute atomic E-state index is 0.106. The fraction of sp³-hybridized carbons (Fsp3) is 0.125.